The summed E-state index contributed by atoms with van der Waals surface area (Å²) in [6.07, 6.45) is 1.68. The van der Waals surface area contributed by atoms with E-state index in [1.165, 1.54) is 5.56 Å². The standard InChI is InChI=1S/C21H21N3O/c1-15-8-9-16(2)20(12-15)24-21(25)19-11-10-18(14-23-19)22-13-17-6-4-3-5-7-17/h3-12,14,22H,13H2,1-2H3,(H,24,25). The molecule has 1 aromatic heterocycles. The summed E-state index contributed by atoms with van der Waals surface area (Å²) in [5.41, 5.74) is 5.42. The number of aryl methyl sites for hydroxylation is 2. The molecule has 0 saturated heterocycles. The van der Waals surface area contributed by atoms with Gasteiger partial charge in [0.1, 0.15) is 5.69 Å². The van der Waals surface area contributed by atoms with E-state index in [4.69, 9.17) is 0 Å². The zero-order valence-corrected chi connectivity index (χ0v) is 14.4. The van der Waals surface area contributed by atoms with Crippen LogP contribution >= 0.6 is 0 Å². The van der Waals surface area contributed by atoms with Gasteiger partial charge in [-0.05, 0) is 48.7 Å². The van der Waals surface area contributed by atoms with E-state index in [9.17, 15) is 4.79 Å². The molecule has 0 aliphatic rings. The van der Waals surface area contributed by atoms with Crippen LogP contribution in [0.2, 0.25) is 0 Å². The van der Waals surface area contributed by atoms with Crippen LogP contribution < -0.4 is 10.6 Å². The number of hydrogen-bond donors (Lipinski definition) is 2. The summed E-state index contributed by atoms with van der Waals surface area (Å²) in [7, 11) is 0. The van der Waals surface area contributed by atoms with Crippen LogP contribution in [-0.2, 0) is 6.54 Å². The fourth-order valence-corrected chi connectivity index (χ4v) is 2.49. The molecule has 0 radical (unpaired) electrons. The third kappa shape index (κ3) is 4.44. The second-order valence-electron chi connectivity index (χ2n) is 6.04. The van der Waals surface area contributed by atoms with Gasteiger partial charge in [0.05, 0.1) is 11.9 Å². The van der Waals surface area contributed by atoms with Gasteiger partial charge < -0.3 is 10.6 Å². The van der Waals surface area contributed by atoms with E-state index in [0.29, 0.717) is 5.69 Å². The molecule has 0 aliphatic carbocycles. The topological polar surface area (TPSA) is 54.0 Å². The molecule has 0 spiro atoms. The van der Waals surface area contributed by atoms with Crippen LogP contribution in [0.5, 0.6) is 0 Å². The van der Waals surface area contributed by atoms with Crippen LogP contribution in [0, 0.1) is 13.8 Å². The van der Waals surface area contributed by atoms with Gasteiger partial charge in [-0.25, -0.2) is 4.98 Å². The molecule has 0 atom stereocenters. The number of nitrogens with zero attached hydrogens (tertiary/aromatic N) is 1. The molecule has 1 amide bonds. The normalized spacial score (nSPS) is 10.3. The van der Waals surface area contributed by atoms with E-state index in [-0.39, 0.29) is 5.91 Å². The van der Waals surface area contributed by atoms with Crippen molar-refractivity contribution in [2.45, 2.75) is 20.4 Å². The number of hydrogen-bond acceptors (Lipinski definition) is 3. The maximum Gasteiger partial charge on any atom is 0.274 e. The van der Waals surface area contributed by atoms with Crippen molar-refractivity contribution in [1.82, 2.24) is 4.98 Å². The van der Waals surface area contributed by atoms with Crippen molar-refractivity contribution in [2.75, 3.05) is 10.6 Å². The summed E-state index contributed by atoms with van der Waals surface area (Å²) < 4.78 is 0. The van der Waals surface area contributed by atoms with Gasteiger partial charge in [-0.15, -0.1) is 0 Å². The molecule has 3 aromatic rings. The molecule has 2 N–H and O–H groups in total. The molecule has 0 aliphatic heterocycles. The smallest absolute Gasteiger partial charge is 0.274 e. The molecule has 0 fully saturated rings. The van der Waals surface area contributed by atoms with Gasteiger partial charge in [-0.1, -0.05) is 42.5 Å². The largest absolute Gasteiger partial charge is 0.380 e. The molecule has 3 rings (SSSR count). The van der Waals surface area contributed by atoms with E-state index in [2.05, 4.69) is 27.8 Å². The van der Waals surface area contributed by atoms with Gasteiger partial charge in [0.2, 0.25) is 0 Å². The first-order valence-electron chi connectivity index (χ1n) is 8.24. The van der Waals surface area contributed by atoms with Crippen molar-refractivity contribution >= 4 is 17.3 Å². The van der Waals surface area contributed by atoms with Crippen LogP contribution in [-0.4, -0.2) is 10.9 Å². The lowest BCUT2D eigenvalue weighted by Gasteiger charge is -2.10. The fraction of sp³-hybridized carbons (Fsp3) is 0.143. The van der Waals surface area contributed by atoms with Gasteiger partial charge in [-0.3, -0.25) is 4.79 Å². The maximum atomic E-state index is 12.4. The maximum absolute atomic E-state index is 12.4. The van der Waals surface area contributed by atoms with Crippen LogP contribution in [0.25, 0.3) is 0 Å². The Labute approximate surface area is 147 Å². The van der Waals surface area contributed by atoms with E-state index in [1.807, 2.05) is 56.3 Å². The van der Waals surface area contributed by atoms with Gasteiger partial charge in [0.15, 0.2) is 0 Å². The molecule has 0 saturated carbocycles. The van der Waals surface area contributed by atoms with Crippen molar-refractivity contribution < 1.29 is 4.79 Å². The van der Waals surface area contributed by atoms with E-state index < -0.39 is 0 Å². The first-order chi connectivity index (χ1) is 12.1. The van der Waals surface area contributed by atoms with Gasteiger partial charge in [0, 0.05) is 12.2 Å². The molecule has 0 unspecified atom stereocenters. The lowest BCUT2D eigenvalue weighted by Crippen LogP contribution is -2.14. The predicted octanol–water partition coefficient (Wildman–Crippen LogP) is 4.56. The monoisotopic (exact) mass is 331 g/mol. The Kier molecular flexibility index (Phi) is 5.09. The third-order valence-electron chi connectivity index (χ3n) is 3.98. The number of benzene rings is 2. The number of carbonyl (C=O) groups is 1. The third-order valence-corrected chi connectivity index (χ3v) is 3.98. The average molecular weight is 331 g/mol. The molecule has 1 heterocycles. The summed E-state index contributed by atoms with van der Waals surface area (Å²) in [5, 5.41) is 6.22. The lowest BCUT2D eigenvalue weighted by atomic mass is 10.1. The number of anilines is 2. The Hall–Kier alpha value is -3.14. The Morgan fingerprint density at radius 2 is 1.80 bits per heavy atom. The highest BCUT2D eigenvalue weighted by Gasteiger charge is 2.09. The summed E-state index contributed by atoms with van der Waals surface area (Å²) in [5.74, 6) is -0.205. The Balaban J connectivity index is 1.63. The second kappa shape index (κ2) is 7.62. The number of pyridine rings is 1. The van der Waals surface area contributed by atoms with E-state index in [1.54, 1.807) is 12.3 Å². The van der Waals surface area contributed by atoms with Crippen LogP contribution in [0.3, 0.4) is 0 Å². The number of nitrogens with one attached hydrogen (secondary N) is 2. The summed E-state index contributed by atoms with van der Waals surface area (Å²) >= 11 is 0. The molecule has 4 nitrogen and oxygen atoms in total. The lowest BCUT2D eigenvalue weighted by molar-refractivity contribution is 0.102. The second-order valence-corrected chi connectivity index (χ2v) is 6.04. The van der Waals surface area contributed by atoms with Crippen molar-refractivity contribution in [3.63, 3.8) is 0 Å². The molecule has 25 heavy (non-hydrogen) atoms. The Bertz CT molecular complexity index is 858. The van der Waals surface area contributed by atoms with Crippen LogP contribution in [0.4, 0.5) is 11.4 Å². The zero-order valence-electron chi connectivity index (χ0n) is 14.4. The predicted molar refractivity (Wildman–Crippen MR) is 102 cm³/mol. The minimum atomic E-state index is -0.205. The first-order valence-corrected chi connectivity index (χ1v) is 8.24. The number of aromatic nitrogens is 1. The van der Waals surface area contributed by atoms with Gasteiger partial charge in [-0.2, -0.15) is 0 Å². The number of rotatable bonds is 5. The van der Waals surface area contributed by atoms with E-state index >= 15 is 0 Å². The minimum Gasteiger partial charge on any atom is -0.380 e. The molecule has 2 aromatic carbocycles. The highest BCUT2D eigenvalue weighted by molar-refractivity contribution is 6.03. The van der Waals surface area contributed by atoms with E-state index in [0.717, 1.165) is 29.0 Å². The highest BCUT2D eigenvalue weighted by Crippen LogP contribution is 2.17. The van der Waals surface area contributed by atoms with Gasteiger partial charge in [0.25, 0.3) is 5.91 Å². The SMILES string of the molecule is Cc1ccc(C)c(NC(=O)c2ccc(NCc3ccccc3)cn2)c1. The summed E-state index contributed by atoms with van der Waals surface area (Å²) in [6.45, 7) is 4.69. The molecular weight excluding hydrogens is 310 g/mol. The fourth-order valence-electron chi connectivity index (χ4n) is 2.49. The highest BCUT2D eigenvalue weighted by atomic mass is 16.1. The molecule has 0 bridgehead atoms. The average Bonchev–Trinajstić information content (AvgIpc) is 2.64. The van der Waals surface area contributed by atoms with Crippen LogP contribution in [0.1, 0.15) is 27.2 Å². The van der Waals surface area contributed by atoms with Crippen molar-refractivity contribution in [2.24, 2.45) is 0 Å². The number of carbonyl (C=O) groups excluding carboxylic acids is 1. The zero-order chi connectivity index (χ0) is 17.6. The molecule has 4 heteroatoms. The summed E-state index contributed by atoms with van der Waals surface area (Å²) in [6, 6.07) is 19.7. The first kappa shape index (κ1) is 16.7. The van der Waals surface area contributed by atoms with Crippen molar-refractivity contribution in [3.8, 4) is 0 Å². The quantitative estimate of drug-likeness (QED) is 0.720. The molecular formula is C21H21N3O. The van der Waals surface area contributed by atoms with Crippen molar-refractivity contribution in [1.29, 1.82) is 0 Å². The summed E-state index contributed by atoms with van der Waals surface area (Å²) in [4.78, 5) is 16.6. The molecule has 126 valence electrons. The van der Waals surface area contributed by atoms with Crippen molar-refractivity contribution in [3.05, 3.63) is 89.2 Å². The number of amides is 1. The Morgan fingerprint density at radius 3 is 2.52 bits per heavy atom. The van der Waals surface area contributed by atoms with Gasteiger partial charge >= 0.3 is 0 Å². The minimum absolute atomic E-state index is 0.205. The van der Waals surface area contributed by atoms with Crippen LogP contribution in [0.15, 0.2) is 66.9 Å². The Morgan fingerprint density at radius 1 is 1.00 bits per heavy atom.